The highest BCUT2D eigenvalue weighted by Gasteiger charge is 2.18. The molecule has 0 saturated heterocycles. The van der Waals surface area contributed by atoms with E-state index in [1.165, 1.54) is 0 Å². The average molecular weight is 355 g/mol. The minimum absolute atomic E-state index is 0.486. The second-order valence-corrected chi connectivity index (χ2v) is 6.49. The van der Waals surface area contributed by atoms with Gasteiger partial charge < -0.3 is 10.6 Å². The van der Waals surface area contributed by atoms with Gasteiger partial charge in [0.1, 0.15) is 27.8 Å². The van der Waals surface area contributed by atoms with Crippen LogP contribution in [-0.4, -0.2) is 37.8 Å². The summed E-state index contributed by atoms with van der Waals surface area (Å²) in [5.74, 6) is 0. The summed E-state index contributed by atoms with van der Waals surface area (Å²) in [7, 11) is 4.01. The SMILES string of the molecule is CN(C)c1ccc(C=Nc2c(N)c3nsnc3c3nsnc23)cc1. The van der Waals surface area contributed by atoms with Gasteiger partial charge in [0.25, 0.3) is 0 Å². The number of benzene rings is 2. The fourth-order valence-corrected chi connectivity index (χ4v) is 3.50. The molecule has 0 aliphatic rings. The Labute approximate surface area is 146 Å². The van der Waals surface area contributed by atoms with Crippen molar-refractivity contribution in [1.82, 2.24) is 17.5 Å². The van der Waals surface area contributed by atoms with Crippen molar-refractivity contribution in [3.8, 4) is 0 Å². The molecule has 4 rings (SSSR count). The number of rotatable bonds is 3. The third kappa shape index (κ3) is 2.38. The van der Waals surface area contributed by atoms with Gasteiger partial charge in [-0.1, -0.05) is 12.1 Å². The van der Waals surface area contributed by atoms with Crippen LogP contribution in [0, 0.1) is 0 Å². The zero-order valence-corrected chi connectivity index (χ0v) is 14.6. The minimum Gasteiger partial charge on any atom is -0.395 e. The fraction of sp³-hybridized carbons (Fsp3) is 0.133. The molecule has 0 radical (unpaired) electrons. The Kier molecular flexibility index (Phi) is 3.58. The monoisotopic (exact) mass is 355 g/mol. The second-order valence-electron chi connectivity index (χ2n) is 5.43. The van der Waals surface area contributed by atoms with Crippen LogP contribution in [-0.2, 0) is 0 Å². The molecule has 0 atom stereocenters. The molecular weight excluding hydrogens is 342 g/mol. The number of fused-ring (bicyclic) bond motifs is 3. The number of anilines is 2. The smallest absolute Gasteiger partial charge is 0.136 e. The molecule has 0 spiro atoms. The summed E-state index contributed by atoms with van der Waals surface area (Å²) >= 11 is 2.24. The maximum absolute atomic E-state index is 6.24. The molecule has 9 heteroatoms. The minimum atomic E-state index is 0.486. The zero-order chi connectivity index (χ0) is 16.7. The quantitative estimate of drug-likeness (QED) is 0.448. The summed E-state index contributed by atoms with van der Waals surface area (Å²) in [4.78, 5) is 6.61. The third-order valence-corrected chi connectivity index (χ3v) is 4.75. The van der Waals surface area contributed by atoms with Crippen molar-refractivity contribution in [3.05, 3.63) is 29.8 Å². The summed E-state index contributed by atoms with van der Waals surface area (Å²) < 4.78 is 17.2. The van der Waals surface area contributed by atoms with Gasteiger partial charge in [0.2, 0.25) is 0 Å². The lowest BCUT2D eigenvalue weighted by Gasteiger charge is -2.11. The number of hydrogen-bond donors (Lipinski definition) is 1. The highest BCUT2D eigenvalue weighted by atomic mass is 32.1. The van der Waals surface area contributed by atoms with Crippen LogP contribution in [0.1, 0.15) is 5.56 Å². The van der Waals surface area contributed by atoms with Crippen molar-refractivity contribution >= 4 is 68.8 Å². The van der Waals surface area contributed by atoms with Gasteiger partial charge in [-0.3, -0.25) is 4.99 Å². The van der Waals surface area contributed by atoms with E-state index in [1.807, 2.05) is 43.3 Å². The van der Waals surface area contributed by atoms with Gasteiger partial charge in [-0.25, -0.2) is 0 Å². The normalized spacial score (nSPS) is 11.8. The predicted molar refractivity (Wildman–Crippen MR) is 101 cm³/mol. The lowest BCUT2D eigenvalue weighted by Crippen LogP contribution is -2.08. The maximum atomic E-state index is 6.24. The number of nitrogens with two attached hydrogens (primary N) is 1. The Bertz CT molecular complexity index is 1050. The van der Waals surface area contributed by atoms with Gasteiger partial charge in [-0.15, -0.1) is 0 Å². The van der Waals surface area contributed by atoms with Gasteiger partial charge in [-0.2, -0.15) is 17.5 Å². The van der Waals surface area contributed by atoms with Crippen LogP contribution in [0.2, 0.25) is 0 Å². The van der Waals surface area contributed by atoms with Crippen molar-refractivity contribution in [2.75, 3.05) is 24.7 Å². The Morgan fingerprint density at radius 2 is 1.50 bits per heavy atom. The summed E-state index contributed by atoms with van der Waals surface area (Å²) in [6.07, 6.45) is 1.77. The number of nitrogen functional groups attached to an aromatic ring is 1. The van der Waals surface area contributed by atoms with E-state index in [0.29, 0.717) is 33.4 Å². The molecule has 0 bridgehead atoms. The van der Waals surface area contributed by atoms with Crippen molar-refractivity contribution in [2.45, 2.75) is 0 Å². The van der Waals surface area contributed by atoms with Crippen LogP contribution < -0.4 is 10.6 Å². The standard InChI is InChI=1S/C15H13N7S2/c1-22(2)9-5-3-8(4-6-9)7-17-11-10(16)12-14(20-23-18-12)15-13(11)19-24-21-15/h3-7H,16H2,1-2H3. The molecule has 2 heterocycles. The molecule has 0 aliphatic heterocycles. The van der Waals surface area contributed by atoms with Crippen molar-refractivity contribution in [2.24, 2.45) is 4.99 Å². The summed E-state index contributed by atoms with van der Waals surface area (Å²) in [6, 6.07) is 8.10. The first-order valence-electron chi connectivity index (χ1n) is 7.12. The van der Waals surface area contributed by atoms with Crippen molar-refractivity contribution in [3.63, 3.8) is 0 Å². The van der Waals surface area contributed by atoms with Gasteiger partial charge >= 0.3 is 0 Å². The van der Waals surface area contributed by atoms with Crippen LogP contribution in [0.15, 0.2) is 29.3 Å². The molecule has 0 saturated carbocycles. The van der Waals surface area contributed by atoms with E-state index >= 15 is 0 Å². The van der Waals surface area contributed by atoms with Crippen LogP contribution in [0.3, 0.4) is 0 Å². The Hall–Kier alpha value is -2.65. The number of hydrogen-bond acceptors (Lipinski definition) is 9. The fourth-order valence-electron chi connectivity index (χ4n) is 2.39. The van der Waals surface area contributed by atoms with Crippen LogP contribution in [0.4, 0.5) is 17.1 Å². The molecule has 24 heavy (non-hydrogen) atoms. The summed E-state index contributed by atoms with van der Waals surface area (Å²) in [5, 5.41) is 0. The summed E-state index contributed by atoms with van der Waals surface area (Å²) in [6.45, 7) is 0. The Morgan fingerprint density at radius 1 is 0.917 bits per heavy atom. The van der Waals surface area contributed by atoms with Gasteiger partial charge in [0.05, 0.1) is 29.1 Å². The third-order valence-electron chi connectivity index (χ3n) is 3.69. The van der Waals surface area contributed by atoms with Crippen molar-refractivity contribution in [1.29, 1.82) is 0 Å². The Morgan fingerprint density at radius 3 is 2.17 bits per heavy atom. The lowest BCUT2D eigenvalue weighted by molar-refractivity contribution is 1.13. The van der Waals surface area contributed by atoms with Crippen LogP contribution >= 0.6 is 23.5 Å². The molecular formula is C15H13N7S2. The van der Waals surface area contributed by atoms with Gasteiger partial charge in [0.15, 0.2) is 0 Å². The van der Waals surface area contributed by atoms with E-state index in [9.17, 15) is 0 Å². The first kappa shape index (κ1) is 14.9. The number of aliphatic imine (C=N–C) groups is 1. The number of aromatic nitrogens is 4. The average Bonchev–Trinajstić information content (AvgIpc) is 3.24. The molecule has 4 aromatic rings. The molecule has 0 unspecified atom stereocenters. The topological polar surface area (TPSA) is 93.2 Å². The Balaban J connectivity index is 1.80. The molecule has 2 aromatic heterocycles. The van der Waals surface area contributed by atoms with E-state index in [4.69, 9.17) is 5.73 Å². The molecule has 120 valence electrons. The molecule has 7 nitrogen and oxygen atoms in total. The van der Waals surface area contributed by atoms with E-state index in [1.54, 1.807) is 6.21 Å². The predicted octanol–water partition coefficient (Wildman–Crippen LogP) is 3.09. The van der Waals surface area contributed by atoms with Crippen LogP contribution in [0.5, 0.6) is 0 Å². The van der Waals surface area contributed by atoms with E-state index in [2.05, 4.69) is 22.5 Å². The second kappa shape index (κ2) is 5.77. The molecule has 0 amide bonds. The maximum Gasteiger partial charge on any atom is 0.136 e. The molecule has 0 fully saturated rings. The van der Waals surface area contributed by atoms with Crippen molar-refractivity contribution < 1.29 is 0 Å². The highest BCUT2D eigenvalue weighted by Crippen LogP contribution is 2.38. The molecule has 0 aliphatic carbocycles. The first-order valence-corrected chi connectivity index (χ1v) is 8.58. The van der Waals surface area contributed by atoms with E-state index < -0.39 is 0 Å². The zero-order valence-electron chi connectivity index (χ0n) is 13.0. The van der Waals surface area contributed by atoms with E-state index in [0.717, 1.165) is 34.7 Å². The van der Waals surface area contributed by atoms with E-state index in [-0.39, 0.29) is 0 Å². The highest BCUT2D eigenvalue weighted by molar-refractivity contribution is 7.01. The summed E-state index contributed by atoms with van der Waals surface area (Å²) in [5.41, 5.74) is 12.1. The van der Waals surface area contributed by atoms with Gasteiger partial charge in [0, 0.05) is 26.0 Å². The number of nitrogens with zero attached hydrogens (tertiary/aromatic N) is 6. The first-order chi connectivity index (χ1) is 11.6. The van der Waals surface area contributed by atoms with Gasteiger partial charge in [-0.05, 0) is 17.7 Å². The van der Waals surface area contributed by atoms with Crippen LogP contribution in [0.25, 0.3) is 22.1 Å². The molecule has 2 N–H and O–H groups in total. The molecule has 2 aromatic carbocycles. The largest absolute Gasteiger partial charge is 0.395 e. The lowest BCUT2D eigenvalue weighted by atomic mass is 10.2.